The van der Waals surface area contributed by atoms with Crippen LogP contribution in [0.2, 0.25) is 0 Å². The molecule has 2 N–H and O–H groups in total. The van der Waals surface area contributed by atoms with Crippen molar-refractivity contribution in [1.82, 2.24) is 4.57 Å². The summed E-state index contributed by atoms with van der Waals surface area (Å²) >= 11 is 0. The molecule has 0 aliphatic heterocycles. The Morgan fingerprint density at radius 2 is 1.88 bits per heavy atom. The number of rotatable bonds is 5. The molecule has 0 spiro atoms. The molecule has 2 heteroatoms. The van der Waals surface area contributed by atoms with Gasteiger partial charge in [0.15, 0.2) is 0 Å². The molecule has 90 valence electrons. The Bertz CT molecular complexity index is 445. The van der Waals surface area contributed by atoms with E-state index in [9.17, 15) is 0 Å². The molecule has 0 amide bonds. The lowest BCUT2D eigenvalue weighted by Crippen LogP contribution is -2.21. The molecule has 2 nitrogen and oxygen atoms in total. The van der Waals surface area contributed by atoms with Crippen LogP contribution in [0.1, 0.15) is 24.5 Å². The van der Waals surface area contributed by atoms with Crippen LogP contribution >= 0.6 is 0 Å². The summed E-state index contributed by atoms with van der Waals surface area (Å²) in [6, 6.07) is 12.9. The minimum atomic E-state index is 0.280. The first-order chi connectivity index (χ1) is 8.28. The van der Waals surface area contributed by atoms with E-state index >= 15 is 0 Å². The van der Waals surface area contributed by atoms with Gasteiger partial charge in [0.05, 0.1) is 0 Å². The molecular formula is C15H20N2. The molecule has 0 fully saturated rings. The van der Waals surface area contributed by atoms with Crippen molar-refractivity contribution in [3.63, 3.8) is 0 Å². The maximum absolute atomic E-state index is 5.96. The van der Waals surface area contributed by atoms with E-state index in [1.165, 1.54) is 11.1 Å². The summed E-state index contributed by atoms with van der Waals surface area (Å²) in [7, 11) is 0. The molecule has 1 unspecified atom stereocenters. The fraction of sp³-hybridized carbons (Fsp3) is 0.333. The normalized spacial score (nSPS) is 12.6. The zero-order valence-corrected chi connectivity index (χ0v) is 10.3. The lowest BCUT2D eigenvalue weighted by molar-refractivity contribution is 0.645. The molecule has 1 aromatic heterocycles. The minimum Gasteiger partial charge on any atom is -0.350 e. The van der Waals surface area contributed by atoms with Crippen LogP contribution in [0.5, 0.6) is 0 Å². The monoisotopic (exact) mass is 228 g/mol. The van der Waals surface area contributed by atoms with Crippen molar-refractivity contribution in [2.45, 2.75) is 32.4 Å². The van der Waals surface area contributed by atoms with Crippen LogP contribution in [0.3, 0.4) is 0 Å². The van der Waals surface area contributed by atoms with Gasteiger partial charge in [-0.05, 0) is 30.0 Å². The summed E-state index contributed by atoms with van der Waals surface area (Å²) in [5.41, 5.74) is 8.61. The first kappa shape index (κ1) is 11.9. The average Bonchev–Trinajstić information content (AvgIpc) is 2.77. The first-order valence-electron chi connectivity index (χ1n) is 6.22. The summed E-state index contributed by atoms with van der Waals surface area (Å²) < 4.78 is 2.22. The molecule has 1 atom stereocenters. The summed E-state index contributed by atoms with van der Waals surface area (Å²) in [6.07, 6.45) is 6.33. The maximum atomic E-state index is 5.96. The summed E-state index contributed by atoms with van der Waals surface area (Å²) in [5.74, 6) is 0. The molecule has 0 aliphatic rings. The Kier molecular flexibility index (Phi) is 3.99. The smallest absolute Gasteiger partial charge is 0.0470 e. The Balaban J connectivity index is 1.99. The van der Waals surface area contributed by atoms with E-state index < -0.39 is 0 Å². The summed E-state index contributed by atoms with van der Waals surface area (Å²) in [6.45, 7) is 3.06. The van der Waals surface area contributed by atoms with Crippen molar-refractivity contribution in [2.24, 2.45) is 5.73 Å². The van der Waals surface area contributed by atoms with Gasteiger partial charge in [0.25, 0.3) is 0 Å². The van der Waals surface area contributed by atoms with Crippen LogP contribution in [-0.2, 0) is 13.0 Å². The van der Waals surface area contributed by atoms with Crippen LogP contribution in [0, 0.1) is 0 Å². The second-order valence-corrected chi connectivity index (χ2v) is 4.55. The van der Waals surface area contributed by atoms with Crippen LogP contribution in [0.15, 0.2) is 48.8 Å². The fourth-order valence-corrected chi connectivity index (χ4v) is 1.95. The van der Waals surface area contributed by atoms with E-state index in [1.807, 2.05) is 6.07 Å². The number of nitrogens with zero attached hydrogens (tertiary/aromatic N) is 1. The minimum absolute atomic E-state index is 0.280. The van der Waals surface area contributed by atoms with Crippen molar-refractivity contribution < 1.29 is 0 Å². The molecule has 0 radical (unpaired) electrons. The van der Waals surface area contributed by atoms with E-state index in [2.05, 4.69) is 54.2 Å². The third kappa shape index (κ3) is 3.46. The largest absolute Gasteiger partial charge is 0.350 e. The Morgan fingerprint density at radius 1 is 1.12 bits per heavy atom. The van der Waals surface area contributed by atoms with Gasteiger partial charge in [-0.2, -0.15) is 0 Å². The van der Waals surface area contributed by atoms with Gasteiger partial charge in [-0.3, -0.25) is 0 Å². The molecule has 0 aliphatic carbocycles. The van der Waals surface area contributed by atoms with Gasteiger partial charge < -0.3 is 10.3 Å². The van der Waals surface area contributed by atoms with E-state index in [0.29, 0.717) is 0 Å². The van der Waals surface area contributed by atoms with E-state index in [0.717, 1.165) is 19.4 Å². The van der Waals surface area contributed by atoms with Gasteiger partial charge in [-0.15, -0.1) is 0 Å². The molecule has 1 aromatic carbocycles. The number of aromatic nitrogens is 1. The maximum Gasteiger partial charge on any atom is 0.0470 e. The fourth-order valence-electron chi connectivity index (χ4n) is 1.95. The van der Waals surface area contributed by atoms with Gasteiger partial charge >= 0.3 is 0 Å². The molecule has 1 heterocycles. The van der Waals surface area contributed by atoms with Gasteiger partial charge in [-0.1, -0.05) is 37.3 Å². The van der Waals surface area contributed by atoms with Gasteiger partial charge in [0.2, 0.25) is 0 Å². The van der Waals surface area contributed by atoms with E-state index in [1.54, 1.807) is 0 Å². The van der Waals surface area contributed by atoms with Crippen molar-refractivity contribution >= 4 is 0 Å². The van der Waals surface area contributed by atoms with Crippen molar-refractivity contribution in [3.05, 3.63) is 59.9 Å². The molecule has 2 aromatic rings. The predicted molar refractivity (Wildman–Crippen MR) is 71.9 cm³/mol. The molecule has 17 heavy (non-hydrogen) atoms. The highest BCUT2D eigenvalue weighted by atomic mass is 14.9. The standard InChI is InChI=1S/C15H20N2/c1-2-15(16)10-14-8-9-17(12-14)11-13-6-4-3-5-7-13/h3-9,12,15H,2,10-11,16H2,1H3. The average molecular weight is 228 g/mol. The van der Waals surface area contributed by atoms with Gasteiger partial charge in [0, 0.05) is 25.0 Å². The first-order valence-corrected chi connectivity index (χ1v) is 6.22. The highest BCUT2D eigenvalue weighted by molar-refractivity contribution is 5.18. The third-order valence-electron chi connectivity index (χ3n) is 3.04. The zero-order chi connectivity index (χ0) is 12.1. The highest BCUT2D eigenvalue weighted by Gasteiger charge is 2.03. The number of hydrogen-bond acceptors (Lipinski definition) is 1. The highest BCUT2D eigenvalue weighted by Crippen LogP contribution is 2.08. The molecular weight excluding hydrogens is 208 g/mol. The Labute approximate surface area is 103 Å². The summed E-state index contributed by atoms with van der Waals surface area (Å²) in [5, 5.41) is 0. The van der Waals surface area contributed by atoms with Crippen molar-refractivity contribution in [3.8, 4) is 0 Å². The molecule has 0 saturated carbocycles. The van der Waals surface area contributed by atoms with E-state index in [4.69, 9.17) is 5.73 Å². The lowest BCUT2D eigenvalue weighted by Gasteiger charge is -2.06. The van der Waals surface area contributed by atoms with E-state index in [-0.39, 0.29) is 6.04 Å². The topological polar surface area (TPSA) is 30.9 Å². The van der Waals surface area contributed by atoms with Crippen LogP contribution in [-0.4, -0.2) is 10.6 Å². The van der Waals surface area contributed by atoms with Crippen LogP contribution in [0.25, 0.3) is 0 Å². The Hall–Kier alpha value is -1.54. The molecule has 0 bridgehead atoms. The van der Waals surface area contributed by atoms with Crippen molar-refractivity contribution in [2.75, 3.05) is 0 Å². The van der Waals surface area contributed by atoms with Crippen LogP contribution in [0.4, 0.5) is 0 Å². The number of hydrogen-bond donors (Lipinski definition) is 1. The van der Waals surface area contributed by atoms with Crippen molar-refractivity contribution in [1.29, 1.82) is 0 Å². The lowest BCUT2D eigenvalue weighted by atomic mass is 10.1. The quantitative estimate of drug-likeness (QED) is 0.838. The molecule has 2 rings (SSSR count). The second-order valence-electron chi connectivity index (χ2n) is 4.55. The Morgan fingerprint density at radius 3 is 2.59 bits per heavy atom. The number of nitrogens with two attached hydrogens (primary N) is 1. The number of benzene rings is 1. The zero-order valence-electron chi connectivity index (χ0n) is 10.3. The SMILES string of the molecule is CCC(N)Cc1ccn(Cc2ccccc2)c1. The third-order valence-corrected chi connectivity index (χ3v) is 3.04. The predicted octanol–water partition coefficient (Wildman–Crippen LogP) is 2.82. The summed E-state index contributed by atoms with van der Waals surface area (Å²) in [4.78, 5) is 0. The molecule has 0 saturated heterocycles. The second kappa shape index (κ2) is 5.69. The van der Waals surface area contributed by atoms with Crippen LogP contribution < -0.4 is 5.73 Å². The van der Waals surface area contributed by atoms with Gasteiger partial charge in [-0.25, -0.2) is 0 Å². The van der Waals surface area contributed by atoms with Gasteiger partial charge in [0.1, 0.15) is 0 Å².